The van der Waals surface area contributed by atoms with E-state index in [-0.39, 0.29) is 37.5 Å². The zero-order chi connectivity index (χ0) is 43.6. The normalized spacial score (nSPS) is 19.6. The largest absolute Gasteiger partial charge is 0.508 e. The molecule has 0 saturated carbocycles. The smallest absolute Gasteiger partial charge is 0.463 e. The molecule has 4 aliphatic heterocycles. The predicted molar refractivity (Wildman–Crippen MR) is 204 cm³/mol. The van der Waals surface area contributed by atoms with E-state index < -0.39 is 30.6 Å². The fourth-order valence-electron chi connectivity index (χ4n) is 2.94. The first kappa shape index (κ1) is 59.1. The van der Waals surface area contributed by atoms with Gasteiger partial charge in [0.1, 0.15) is 38.6 Å². The maximum absolute atomic E-state index is 11.0. The first-order chi connectivity index (χ1) is 26.5. The Morgan fingerprint density at radius 2 is 1.11 bits per heavy atom. The van der Waals surface area contributed by atoms with Gasteiger partial charge in [-0.15, -0.1) is 0 Å². The number of hydrogen-bond donors (Lipinski definition) is 5. The second-order valence-electron chi connectivity index (χ2n) is 12.7. The summed E-state index contributed by atoms with van der Waals surface area (Å²) in [6, 6.07) is 0. The monoisotopic (exact) mass is 815 g/mol. The molecule has 56 heavy (non-hydrogen) atoms. The standard InChI is InChI=1S/C10H20O3.C9H19NO3.2C4H6O3.C3H10N2.2C3H6O.CO2/c1-3-4-5-6-7-10(12)13-8-9(2)11;1-3-4-5-6-10-9(12)13-7-8(2)11;2*1-3-2-6-4(5)7-3;4-2-1-3-5;2*1-3-2-4-3;2-1-3/h9,11H,3-8H2,1-2H3;8,11H,3-7H2,1-2H3,(H,10,12);2*3H,2H2,1H3;1-5H2;2*3H,2H2,1H3;. The van der Waals surface area contributed by atoms with Gasteiger partial charge < -0.3 is 64.9 Å². The van der Waals surface area contributed by atoms with Crippen molar-refractivity contribution in [3.63, 3.8) is 0 Å². The van der Waals surface area contributed by atoms with Crippen molar-refractivity contribution in [1.82, 2.24) is 5.32 Å². The fourth-order valence-corrected chi connectivity index (χ4v) is 2.94. The van der Waals surface area contributed by atoms with E-state index in [9.17, 15) is 19.2 Å². The van der Waals surface area contributed by atoms with Gasteiger partial charge >= 0.3 is 30.5 Å². The van der Waals surface area contributed by atoms with Crippen LogP contribution in [0.25, 0.3) is 0 Å². The Kier molecular flexibility index (Phi) is 46.6. The number of unbranched alkanes of at least 4 members (excludes halogenated alkanes) is 5. The molecule has 0 spiro atoms. The minimum atomic E-state index is -0.596. The number of carbonyl (C=O) groups excluding carboxylic acids is 6. The molecule has 19 heteroatoms. The lowest BCUT2D eigenvalue weighted by Gasteiger charge is -2.07. The quantitative estimate of drug-likeness (QED) is 0.0680. The first-order valence-electron chi connectivity index (χ1n) is 19.2. The third kappa shape index (κ3) is 62.4. The SMILES string of the molecule is CC1CO1.CC1CO1.CC1COC(=O)O1.CC1COC(=O)O1.CCCCCCC(=O)OCC(C)O.CCCCCNC(=O)OCC(C)O.NCCCN.O=C=O. The summed E-state index contributed by atoms with van der Waals surface area (Å²) in [5.74, 6) is -0.197. The van der Waals surface area contributed by atoms with Crippen molar-refractivity contribution in [2.45, 2.75) is 150 Å². The molecule has 332 valence electrons. The van der Waals surface area contributed by atoms with E-state index >= 15 is 0 Å². The van der Waals surface area contributed by atoms with Crippen LogP contribution in [0.15, 0.2) is 0 Å². The molecule has 7 N–H and O–H groups in total. The molecule has 1 amide bonds. The molecule has 4 heterocycles. The van der Waals surface area contributed by atoms with Gasteiger partial charge in [0.15, 0.2) is 0 Å². The molecule has 0 aromatic heterocycles. The van der Waals surface area contributed by atoms with Gasteiger partial charge in [0.05, 0.1) is 37.6 Å². The third-order valence-electron chi connectivity index (χ3n) is 6.10. The van der Waals surface area contributed by atoms with Crippen LogP contribution in [-0.2, 0) is 52.3 Å². The van der Waals surface area contributed by atoms with Crippen LogP contribution in [0.4, 0.5) is 14.4 Å². The number of aliphatic hydroxyl groups excluding tert-OH is 2. The number of rotatable bonds is 15. The molecule has 19 nitrogen and oxygen atoms in total. The highest BCUT2D eigenvalue weighted by atomic mass is 16.8. The molecule has 4 saturated heterocycles. The van der Waals surface area contributed by atoms with Crippen LogP contribution in [0.3, 0.4) is 0 Å². The molecule has 6 unspecified atom stereocenters. The predicted octanol–water partition coefficient (Wildman–Crippen LogP) is 3.77. The number of epoxide rings is 2. The van der Waals surface area contributed by atoms with Crippen molar-refractivity contribution in [3.8, 4) is 0 Å². The van der Waals surface area contributed by atoms with Crippen molar-refractivity contribution in [2.75, 3.05) is 59.3 Å². The van der Waals surface area contributed by atoms with Gasteiger partial charge in [-0.1, -0.05) is 46.0 Å². The van der Waals surface area contributed by atoms with Crippen LogP contribution in [0.1, 0.15) is 113 Å². The number of cyclic esters (lactones) is 4. The highest BCUT2D eigenvalue weighted by molar-refractivity contribution is 5.69. The molecule has 0 aliphatic carbocycles. The van der Waals surface area contributed by atoms with Gasteiger partial charge in [0.2, 0.25) is 0 Å². The second kappa shape index (κ2) is 44.1. The molecule has 4 rings (SSSR count). The number of aliphatic hydroxyl groups is 2. The van der Waals surface area contributed by atoms with Crippen LogP contribution in [0.5, 0.6) is 0 Å². The van der Waals surface area contributed by atoms with E-state index in [1.807, 2.05) is 0 Å². The summed E-state index contributed by atoms with van der Waals surface area (Å²) in [7, 11) is 0. The zero-order valence-electron chi connectivity index (χ0n) is 35.0. The van der Waals surface area contributed by atoms with Crippen LogP contribution in [0.2, 0.25) is 0 Å². The summed E-state index contributed by atoms with van der Waals surface area (Å²) in [5.41, 5.74) is 10.1. The lowest BCUT2D eigenvalue weighted by molar-refractivity contribution is -0.191. The van der Waals surface area contributed by atoms with Crippen molar-refractivity contribution in [2.24, 2.45) is 11.5 Å². The van der Waals surface area contributed by atoms with E-state index in [0.717, 1.165) is 64.8 Å². The minimum absolute atomic E-state index is 0.0486. The average molecular weight is 816 g/mol. The molecular formula is C37H73N3O16. The average Bonchev–Trinajstić information content (AvgIpc) is 4.05. The first-order valence-corrected chi connectivity index (χ1v) is 19.2. The summed E-state index contributed by atoms with van der Waals surface area (Å²) in [4.78, 5) is 58.1. The van der Waals surface area contributed by atoms with Crippen molar-refractivity contribution < 1.29 is 76.9 Å². The summed E-state index contributed by atoms with van der Waals surface area (Å²) in [6.45, 7) is 20.1. The molecule has 6 atom stereocenters. The second-order valence-corrected chi connectivity index (χ2v) is 12.7. The third-order valence-corrected chi connectivity index (χ3v) is 6.10. The maximum Gasteiger partial charge on any atom is 0.508 e. The Bertz CT molecular complexity index is 892. The van der Waals surface area contributed by atoms with Gasteiger partial charge in [0.25, 0.3) is 0 Å². The molecule has 4 aliphatic rings. The Hall–Kier alpha value is -3.58. The van der Waals surface area contributed by atoms with Gasteiger partial charge in [0, 0.05) is 13.0 Å². The van der Waals surface area contributed by atoms with Crippen LogP contribution in [0, 0.1) is 0 Å². The number of nitrogens with one attached hydrogen (secondary N) is 1. The lowest BCUT2D eigenvalue weighted by atomic mass is 10.2. The van der Waals surface area contributed by atoms with E-state index in [2.05, 4.69) is 56.7 Å². The van der Waals surface area contributed by atoms with Gasteiger partial charge in [-0.05, 0) is 73.9 Å². The van der Waals surface area contributed by atoms with Crippen molar-refractivity contribution >= 4 is 30.5 Å². The summed E-state index contributed by atoms with van der Waals surface area (Å²) in [6.07, 6.45) is 7.57. The number of ether oxygens (including phenoxy) is 8. The molecule has 0 radical (unpaired) electrons. The Labute approximate surface area is 333 Å². The van der Waals surface area contributed by atoms with Crippen molar-refractivity contribution in [3.05, 3.63) is 0 Å². The lowest BCUT2D eigenvalue weighted by Crippen LogP contribution is -2.27. The molecular weight excluding hydrogens is 742 g/mol. The highest BCUT2D eigenvalue weighted by Gasteiger charge is 2.20. The summed E-state index contributed by atoms with van der Waals surface area (Å²) < 4.78 is 36.7. The van der Waals surface area contributed by atoms with E-state index in [4.69, 9.17) is 45.5 Å². The Balaban J connectivity index is -0.000000290. The molecule has 0 bridgehead atoms. The number of alkyl carbamates (subject to hydrolysis) is 1. The number of nitrogens with two attached hydrogens (primary N) is 2. The molecule has 4 fully saturated rings. The highest BCUT2D eigenvalue weighted by Crippen LogP contribution is 2.06. The Morgan fingerprint density at radius 1 is 0.714 bits per heavy atom. The number of carbonyl (C=O) groups is 4. The van der Waals surface area contributed by atoms with E-state index in [1.54, 1.807) is 27.7 Å². The van der Waals surface area contributed by atoms with E-state index in [0.29, 0.717) is 38.4 Å². The van der Waals surface area contributed by atoms with E-state index in [1.165, 1.54) is 12.8 Å². The van der Waals surface area contributed by atoms with Crippen LogP contribution in [-0.4, -0.2) is 137 Å². The number of hydrogen-bond acceptors (Lipinski definition) is 18. The Morgan fingerprint density at radius 3 is 1.38 bits per heavy atom. The summed E-state index contributed by atoms with van der Waals surface area (Å²) >= 11 is 0. The zero-order valence-corrected chi connectivity index (χ0v) is 35.0. The van der Waals surface area contributed by atoms with Gasteiger partial charge in [-0.25, -0.2) is 14.4 Å². The van der Waals surface area contributed by atoms with Crippen molar-refractivity contribution in [1.29, 1.82) is 0 Å². The summed E-state index contributed by atoms with van der Waals surface area (Å²) in [5, 5.41) is 20.2. The molecule has 0 aromatic rings. The minimum Gasteiger partial charge on any atom is -0.463 e. The maximum atomic E-state index is 11.0. The van der Waals surface area contributed by atoms with Gasteiger partial charge in [-0.3, -0.25) is 4.79 Å². The van der Waals surface area contributed by atoms with Gasteiger partial charge in [-0.2, -0.15) is 9.59 Å². The van der Waals surface area contributed by atoms with Crippen LogP contribution < -0.4 is 16.8 Å². The van der Waals surface area contributed by atoms with Crippen LogP contribution >= 0.6 is 0 Å². The number of esters is 1. The number of amides is 1. The fraction of sp³-hybridized carbons (Fsp3) is 0.865. The topological polar surface area (TPSA) is 287 Å². The molecule has 0 aromatic carbocycles.